The molecule has 204 valence electrons. The highest BCUT2D eigenvalue weighted by Crippen LogP contribution is 2.12. The molecule has 3 heteroatoms. The normalized spacial score (nSPS) is 14.1. The van der Waals surface area contributed by atoms with Crippen LogP contribution in [0.3, 0.4) is 0 Å². The number of rotatable bonds is 28. The molecule has 0 saturated heterocycles. The summed E-state index contributed by atoms with van der Waals surface area (Å²) in [6, 6.07) is 0.651. The molecule has 0 heterocycles. The molecule has 0 saturated carbocycles. The van der Waals surface area contributed by atoms with Crippen LogP contribution in [0, 0.1) is 0 Å². The Bertz CT molecular complexity index is 369. The van der Waals surface area contributed by atoms with Crippen LogP contribution in [0.2, 0.25) is 0 Å². The zero-order chi connectivity index (χ0) is 25.1. The van der Waals surface area contributed by atoms with Crippen molar-refractivity contribution in [1.82, 2.24) is 10.6 Å². The van der Waals surface area contributed by atoms with Crippen molar-refractivity contribution in [2.24, 2.45) is 0 Å². The van der Waals surface area contributed by atoms with Gasteiger partial charge in [0.2, 0.25) is 0 Å². The lowest BCUT2D eigenvalue weighted by Crippen LogP contribution is -2.50. The van der Waals surface area contributed by atoms with E-state index < -0.39 is 0 Å². The Morgan fingerprint density at radius 2 is 0.824 bits per heavy atom. The van der Waals surface area contributed by atoms with Gasteiger partial charge in [-0.15, -0.1) is 0 Å². The molecule has 34 heavy (non-hydrogen) atoms. The molecular weight excluding hydrogens is 416 g/mol. The highest BCUT2D eigenvalue weighted by Gasteiger charge is 2.23. The van der Waals surface area contributed by atoms with Crippen LogP contribution in [0.1, 0.15) is 156 Å². The van der Waals surface area contributed by atoms with Crippen molar-refractivity contribution in [3.05, 3.63) is 12.8 Å². The van der Waals surface area contributed by atoms with Crippen LogP contribution >= 0.6 is 0 Å². The molecule has 2 N–H and O–H groups in total. The highest BCUT2D eigenvalue weighted by atomic mass is 16.5. The Hall–Kier alpha value is -0.540. The van der Waals surface area contributed by atoms with E-state index >= 15 is 0 Å². The van der Waals surface area contributed by atoms with E-state index in [9.17, 15) is 0 Å². The number of unbranched alkanes of at least 4 members (excludes halogenated alkanes) is 18. The van der Waals surface area contributed by atoms with Gasteiger partial charge in [0, 0.05) is 12.1 Å². The smallest absolute Gasteiger partial charge is 0.128 e. The summed E-state index contributed by atoms with van der Waals surface area (Å²) in [4.78, 5) is 0. The van der Waals surface area contributed by atoms with Crippen LogP contribution < -0.4 is 10.6 Å². The second-order valence-corrected chi connectivity index (χ2v) is 10.6. The summed E-state index contributed by atoms with van der Waals surface area (Å²) in [5.41, 5.74) is 0. The van der Waals surface area contributed by atoms with Crippen LogP contribution in [-0.2, 0) is 4.74 Å². The Balaban J connectivity index is 3.74. The van der Waals surface area contributed by atoms with Gasteiger partial charge in [-0.1, -0.05) is 136 Å². The first-order chi connectivity index (χ1) is 16.7. The standard InChI is InChI=1S/C31H64N2O/c1-6-9-11-13-15-17-19-21-23-25-27-32-29(4)31(34-8-3)30(5)33-28-26-24-22-20-18-16-14-12-10-7-2/h8,29-33H,3,6-7,9-28H2,1-2,4-5H3. The molecule has 0 rings (SSSR count). The van der Waals surface area contributed by atoms with E-state index in [4.69, 9.17) is 4.74 Å². The van der Waals surface area contributed by atoms with E-state index in [1.54, 1.807) is 6.26 Å². The predicted molar refractivity (Wildman–Crippen MR) is 154 cm³/mol. The first kappa shape index (κ1) is 33.5. The lowest BCUT2D eigenvalue weighted by atomic mass is 10.0. The third-order valence-corrected chi connectivity index (χ3v) is 7.23. The Kier molecular flexibility index (Phi) is 26.6. The topological polar surface area (TPSA) is 33.3 Å². The zero-order valence-corrected chi connectivity index (χ0v) is 24.0. The fourth-order valence-electron chi connectivity index (χ4n) is 4.90. The number of hydrogen-bond donors (Lipinski definition) is 2. The van der Waals surface area contributed by atoms with Crippen molar-refractivity contribution in [3.63, 3.8) is 0 Å². The Labute approximate surface area is 215 Å². The van der Waals surface area contributed by atoms with E-state index in [0.29, 0.717) is 12.1 Å². The van der Waals surface area contributed by atoms with E-state index in [-0.39, 0.29) is 6.10 Å². The van der Waals surface area contributed by atoms with Crippen molar-refractivity contribution in [2.45, 2.75) is 174 Å². The van der Waals surface area contributed by atoms with Crippen LogP contribution in [0.4, 0.5) is 0 Å². The van der Waals surface area contributed by atoms with Crippen LogP contribution in [-0.4, -0.2) is 31.3 Å². The van der Waals surface area contributed by atoms with Crippen LogP contribution in [0.5, 0.6) is 0 Å². The molecule has 0 radical (unpaired) electrons. The van der Waals surface area contributed by atoms with Crippen molar-refractivity contribution in [3.8, 4) is 0 Å². The van der Waals surface area contributed by atoms with Gasteiger partial charge in [0.15, 0.2) is 0 Å². The van der Waals surface area contributed by atoms with Gasteiger partial charge < -0.3 is 15.4 Å². The van der Waals surface area contributed by atoms with Crippen molar-refractivity contribution >= 4 is 0 Å². The van der Waals surface area contributed by atoms with E-state index in [2.05, 4.69) is 44.9 Å². The molecule has 0 aromatic heterocycles. The highest BCUT2D eigenvalue weighted by molar-refractivity contribution is 4.84. The van der Waals surface area contributed by atoms with Gasteiger partial charge in [0.1, 0.15) is 6.10 Å². The van der Waals surface area contributed by atoms with Gasteiger partial charge in [0.25, 0.3) is 0 Å². The molecule has 2 unspecified atom stereocenters. The molecule has 3 nitrogen and oxygen atoms in total. The molecule has 0 spiro atoms. The summed E-state index contributed by atoms with van der Waals surface area (Å²) < 4.78 is 5.91. The maximum absolute atomic E-state index is 5.91. The van der Waals surface area contributed by atoms with Crippen molar-refractivity contribution in [1.29, 1.82) is 0 Å². The molecule has 0 fully saturated rings. The summed E-state index contributed by atoms with van der Waals surface area (Å²) in [7, 11) is 0. The number of hydrogen-bond acceptors (Lipinski definition) is 3. The summed E-state index contributed by atoms with van der Waals surface area (Å²) in [6.07, 6.45) is 29.5. The lowest BCUT2D eigenvalue weighted by molar-refractivity contribution is 0.0792. The van der Waals surface area contributed by atoms with E-state index in [0.717, 1.165) is 13.1 Å². The van der Waals surface area contributed by atoms with Gasteiger partial charge in [-0.3, -0.25) is 0 Å². The molecule has 0 aromatic carbocycles. The molecule has 0 amide bonds. The summed E-state index contributed by atoms with van der Waals surface area (Å²) >= 11 is 0. The molecule has 0 aliphatic rings. The average Bonchev–Trinajstić information content (AvgIpc) is 2.84. The maximum Gasteiger partial charge on any atom is 0.128 e. The van der Waals surface area contributed by atoms with Gasteiger partial charge >= 0.3 is 0 Å². The number of nitrogens with one attached hydrogen (secondary N) is 2. The molecule has 0 aliphatic carbocycles. The first-order valence-corrected chi connectivity index (χ1v) is 15.4. The summed E-state index contributed by atoms with van der Waals surface area (Å²) in [5, 5.41) is 7.41. The molecular formula is C31H64N2O. The fraction of sp³-hybridized carbons (Fsp3) is 0.935. The molecule has 0 aromatic rings. The average molecular weight is 481 g/mol. The maximum atomic E-state index is 5.91. The van der Waals surface area contributed by atoms with Gasteiger partial charge in [-0.25, -0.2) is 0 Å². The Morgan fingerprint density at radius 1 is 0.529 bits per heavy atom. The van der Waals surface area contributed by atoms with Crippen LogP contribution in [0.25, 0.3) is 0 Å². The minimum Gasteiger partial charge on any atom is -0.495 e. The summed E-state index contributed by atoms with van der Waals surface area (Å²) in [6.45, 7) is 15.1. The van der Waals surface area contributed by atoms with Crippen molar-refractivity contribution < 1.29 is 4.74 Å². The third-order valence-electron chi connectivity index (χ3n) is 7.23. The van der Waals surface area contributed by atoms with Gasteiger partial charge in [0.05, 0.1) is 6.26 Å². The first-order valence-electron chi connectivity index (χ1n) is 15.4. The second-order valence-electron chi connectivity index (χ2n) is 10.6. The number of ether oxygens (including phenoxy) is 1. The van der Waals surface area contributed by atoms with Gasteiger partial charge in [-0.05, 0) is 39.8 Å². The fourth-order valence-corrected chi connectivity index (χ4v) is 4.90. The predicted octanol–water partition coefficient (Wildman–Crippen LogP) is 9.31. The summed E-state index contributed by atoms with van der Waals surface area (Å²) in [5.74, 6) is 0. The quantitative estimate of drug-likeness (QED) is 0.0864. The molecule has 0 bridgehead atoms. The molecule has 2 atom stereocenters. The van der Waals surface area contributed by atoms with Crippen LogP contribution in [0.15, 0.2) is 12.8 Å². The van der Waals surface area contributed by atoms with Crippen molar-refractivity contribution in [2.75, 3.05) is 13.1 Å². The van der Waals surface area contributed by atoms with Gasteiger partial charge in [-0.2, -0.15) is 0 Å². The van der Waals surface area contributed by atoms with E-state index in [1.165, 1.54) is 128 Å². The second kappa shape index (κ2) is 27.1. The Morgan fingerprint density at radius 3 is 1.12 bits per heavy atom. The zero-order valence-electron chi connectivity index (χ0n) is 24.0. The minimum atomic E-state index is 0.128. The minimum absolute atomic E-state index is 0.128. The largest absolute Gasteiger partial charge is 0.495 e. The molecule has 0 aliphatic heterocycles. The lowest BCUT2D eigenvalue weighted by Gasteiger charge is -2.30. The van der Waals surface area contributed by atoms with E-state index in [1.807, 2.05) is 0 Å². The SMILES string of the molecule is C=COC(C(C)NCCCCCCCCCCCC)C(C)NCCCCCCCCCCCC. The third kappa shape index (κ3) is 22.0. The monoisotopic (exact) mass is 481 g/mol.